The number of imidazole rings is 1. The first kappa shape index (κ1) is 22.8. The molecule has 0 spiro atoms. The number of hydrogen-bond acceptors (Lipinski definition) is 5. The average Bonchev–Trinajstić information content (AvgIpc) is 3.33. The summed E-state index contributed by atoms with van der Waals surface area (Å²) in [5.74, 6) is -1.10. The summed E-state index contributed by atoms with van der Waals surface area (Å²) < 4.78 is 1.44. The van der Waals surface area contributed by atoms with E-state index in [1.165, 1.54) is 15.9 Å². The number of aryl methyl sites for hydroxylation is 1. The molecular weight excluding hydrogens is 416 g/mol. The van der Waals surface area contributed by atoms with Gasteiger partial charge in [0.05, 0.1) is 17.5 Å². The third kappa shape index (κ3) is 5.65. The Morgan fingerprint density at radius 1 is 1.10 bits per heavy atom. The molecule has 4 N–H and O–H groups in total. The molecular formula is C23H28N2O5S. The summed E-state index contributed by atoms with van der Waals surface area (Å²) in [6.45, 7) is 2.12. The number of carboxylic acid groups (broad SMARTS) is 1. The van der Waals surface area contributed by atoms with Crippen LogP contribution in [0.4, 0.5) is 0 Å². The first-order chi connectivity index (χ1) is 14.9. The number of nitrogens with zero attached hydrogens (tertiary/aromatic N) is 1. The van der Waals surface area contributed by atoms with Crippen molar-refractivity contribution in [3.05, 3.63) is 67.9 Å². The van der Waals surface area contributed by atoms with E-state index in [2.05, 4.69) is 11.9 Å². The van der Waals surface area contributed by atoms with Gasteiger partial charge in [-0.25, -0.2) is 9.59 Å². The summed E-state index contributed by atoms with van der Waals surface area (Å²) in [5, 5.41) is 29.6. The molecule has 2 aromatic heterocycles. The van der Waals surface area contributed by atoms with Crippen molar-refractivity contribution < 1.29 is 20.1 Å². The number of aliphatic hydroxyl groups is 1. The molecule has 0 radical (unpaired) electrons. The first-order valence-corrected chi connectivity index (χ1v) is 11.4. The van der Waals surface area contributed by atoms with Gasteiger partial charge in [-0.05, 0) is 55.5 Å². The van der Waals surface area contributed by atoms with Crippen LogP contribution < -0.4 is 5.69 Å². The zero-order chi connectivity index (χ0) is 22.4. The van der Waals surface area contributed by atoms with E-state index in [-0.39, 0.29) is 5.88 Å². The number of carboxylic acids is 1. The molecule has 0 amide bonds. The number of H-pyrrole nitrogens is 1. The maximum absolute atomic E-state index is 12.4. The number of thiophene rings is 1. The quantitative estimate of drug-likeness (QED) is 0.327. The lowest BCUT2D eigenvalue weighted by Gasteiger charge is -2.12. The molecule has 7 nitrogen and oxygen atoms in total. The highest BCUT2D eigenvalue weighted by Gasteiger charge is 2.16. The smallest absolute Gasteiger partial charge is 0.345 e. The molecule has 0 saturated heterocycles. The minimum atomic E-state index is -0.938. The van der Waals surface area contributed by atoms with Gasteiger partial charge in [0, 0.05) is 4.88 Å². The molecule has 0 fully saturated rings. The largest absolute Gasteiger partial charge is 0.493 e. The van der Waals surface area contributed by atoms with Gasteiger partial charge in [0.25, 0.3) is 0 Å². The molecule has 166 valence electrons. The van der Waals surface area contributed by atoms with Crippen molar-refractivity contribution >= 4 is 17.3 Å². The molecule has 2 heterocycles. The van der Waals surface area contributed by atoms with Gasteiger partial charge >= 0.3 is 11.7 Å². The fourth-order valence-corrected chi connectivity index (χ4v) is 4.51. The van der Waals surface area contributed by atoms with Crippen molar-refractivity contribution in [2.24, 2.45) is 0 Å². The van der Waals surface area contributed by atoms with Crippen LogP contribution in [-0.4, -0.2) is 30.8 Å². The molecule has 0 saturated carbocycles. The van der Waals surface area contributed by atoms with Crippen molar-refractivity contribution in [3.8, 4) is 11.6 Å². The first-order valence-electron chi connectivity index (χ1n) is 10.5. The number of aromatic hydroxyl groups is 1. The maximum atomic E-state index is 12.4. The van der Waals surface area contributed by atoms with Crippen LogP contribution in [0.15, 0.2) is 41.2 Å². The summed E-state index contributed by atoms with van der Waals surface area (Å²) in [6.07, 6.45) is 5.08. The van der Waals surface area contributed by atoms with Gasteiger partial charge in [0.15, 0.2) is 0 Å². The number of rotatable bonds is 11. The van der Waals surface area contributed by atoms with E-state index in [1.54, 1.807) is 24.3 Å². The number of aliphatic hydroxyl groups excluding tert-OH is 1. The van der Waals surface area contributed by atoms with Crippen LogP contribution in [-0.2, 0) is 12.8 Å². The average molecular weight is 445 g/mol. The predicted molar refractivity (Wildman–Crippen MR) is 120 cm³/mol. The normalized spacial score (nSPS) is 12.2. The lowest BCUT2D eigenvalue weighted by Crippen LogP contribution is -2.17. The fourth-order valence-electron chi connectivity index (χ4n) is 3.62. The molecule has 0 aliphatic heterocycles. The molecule has 0 aliphatic rings. The van der Waals surface area contributed by atoms with E-state index >= 15 is 0 Å². The van der Waals surface area contributed by atoms with Crippen LogP contribution in [0.25, 0.3) is 5.69 Å². The highest BCUT2D eigenvalue weighted by molar-refractivity contribution is 7.13. The molecule has 3 rings (SSSR count). The minimum Gasteiger partial charge on any atom is -0.493 e. The summed E-state index contributed by atoms with van der Waals surface area (Å²) in [4.78, 5) is 27.1. The Morgan fingerprint density at radius 2 is 1.84 bits per heavy atom. The van der Waals surface area contributed by atoms with E-state index < -0.39 is 17.8 Å². The number of nitrogens with one attached hydrogen (secondary N) is 1. The van der Waals surface area contributed by atoms with Gasteiger partial charge < -0.3 is 15.3 Å². The molecule has 3 aromatic rings. The third-order valence-corrected chi connectivity index (χ3v) is 6.43. The lowest BCUT2D eigenvalue weighted by molar-refractivity contribution is 0.0702. The zero-order valence-electron chi connectivity index (χ0n) is 17.5. The van der Waals surface area contributed by atoms with Crippen molar-refractivity contribution in [3.63, 3.8) is 0 Å². The molecule has 0 unspecified atom stereocenters. The molecule has 1 atom stereocenters. The second-order valence-electron chi connectivity index (χ2n) is 7.59. The fraction of sp³-hybridized carbons (Fsp3) is 0.391. The van der Waals surface area contributed by atoms with Gasteiger partial charge in [-0.15, -0.1) is 11.3 Å². The summed E-state index contributed by atoms with van der Waals surface area (Å²) in [7, 11) is 0. The van der Waals surface area contributed by atoms with E-state index in [0.717, 1.165) is 29.7 Å². The van der Waals surface area contributed by atoms with Crippen LogP contribution in [0.3, 0.4) is 0 Å². The van der Waals surface area contributed by atoms with E-state index in [4.69, 9.17) is 5.11 Å². The second-order valence-corrected chi connectivity index (χ2v) is 8.76. The molecule has 8 heteroatoms. The highest BCUT2D eigenvalue weighted by atomic mass is 32.1. The summed E-state index contributed by atoms with van der Waals surface area (Å²) in [5.41, 5.74) is 1.48. The standard InChI is InChI=1S/C23H28N2O5S/c1-2-3-4-8-19(26)15-9-11-16(12-10-15)25-18(21(27)24-23(25)30)7-5-6-17-13-14-20(31-17)22(28)29/h9-14,19,26-27H,2-8H2,1H3,(H,24,30)(H,28,29)/t19-/m1/s1. The van der Waals surface area contributed by atoms with Crippen LogP contribution in [0.1, 0.15) is 70.9 Å². The van der Waals surface area contributed by atoms with Gasteiger partial charge in [0.1, 0.15) is 4.88 Å². The number of unbranched alkanes of at least 4 members (excludes halogenated alkanes) is 2. The van der Waals surface area contributed by atoms with Crippen molar-refractivity contribution in [2.45, 2.75) is 58.0 Å². The second kappa shape index (κ2) is 10.5. The highest BCUT2D eigenvalue weighted by Crippen LogP contribution is 2.24. The number of benzene rings is 1. The van der Waals surface area contributed by atoms with Gasteiger partial charge in [0.2, 0.25) is 5.88 Å². The summed E-state index contributed by atoms with van der Waals surface area (Å²) in [6, 6.07) is 10.5. The van der Waals surface area contributed by atoms with Crippen LogP contribution in [0, 0.1) is 0 Å². The molecule has 0 aliphatic carbocycles. The predicted octanol–water partition coefficient (Wildman–Crippen LogP) is 4.42. The van der Waals surface area contributed by atoms with E-state index in [0.29, 0.717) is 41.9 Å². The topological polar surface area (TPSA) is 116 Å². The zero-order valence-corrected chi connectivity index (χ0v) is 18.3. The third-order valence-electron chi connectivity index (χ3n) is 5.30. The SMILES string of the molecule is CCCCC[C@@H](O)c1ccc(-n2c(CCCc3ccc(C(=O)O)s3)c(O)[nH]c2=O)cc1. The van der Waals surface area contributed by atoms with Crippen molar-refractivity contribution in [1.29, 1.82) is 0 Å². The number of aromatic amines is 1. The van der Waals surface area contributed by atoms with Crippen LogP contribution in [0.5, 0.6) is 5.88 Å². The van der Waals surface area contributed by atoms with Crippen LogP contribution in [0.2, 0.25) is 0 Å². The van der Waals surface area contributed by atoms with E-state index in [1.807, 2.05) is 12.1 Å². The Balaban J connectivity index is 1.70. The Morgan fingerprint density at radius 3 is 2.48 bits per heavy atom. The van der Waals surface area contributed by atoms with Crippen LogP contribution >= 0.6 is 11.3 Å². The Kier molecular flexibility index (Phi) is 7.70. The van der Waals surface area contributed by atoms with Crippen molar-refractivity contribution in [2.75, 3.05) is 0 Å². The number of aromatic carboxylic acids is 1. The minimum absolute atomic E-state index is 0.161. The molecule has 31 heavy (non-hydrogen) atoms. The number of hydrogen-bond donors (Lipinski definition) is 4. The Bertz CT molecular complexity index is 1060. The lowest BCUT2D eigenvalue weighted by atomic mass is 10.0. The van der Waals surface area contributed by atoms with Crippen molar-refractivity contribution in [1.82, 2.24) is 9.55 Å². The van der Waals surface area contributed by atoms with Gasteiger partial charge in [-0.1, -0.05) is 38.3 Å². The van der Waals surface area contributed by atoms with Gasteiger partial charge in [-0.3, -0.25) is 9.55 Å². The summed E-state index contributed by atoms with van der Waals surface area (Å²) >= 11 is 1.24. The monoisotopic (exact) mass is 444 g/mol. The Labute approximate surface area is 184 Å². The molecule has 0 bridgehead atoms. The number of carbonyl (C=O) groups is 1. The molecule has 1 aromatic carbocycles. The van der Waals surface area contributed by atoms with E-state index in [9.17, 15) is 19.8 Å². The number of aromatic nitrogens is 2. The maximum Gasteiger partial charge on any atom is 0.345 e. The van der Waals surface area contributed by atoms with Gasteiger partial charge in [-0.2, -0.15) is 0 Å². The Hall–Kier alpha value is -2.84.